The first-order chi connectivity index (χ1) is 20.2. The second-order valence-electron chi connectivity index (χ2n) is 13.6. The Labute approximate surface area is 249 Å². The van der Waals surface area contributed by atoms with E-state index in [-0.39, 0.29) is 53.9 Å². The van der Waals surface area contributed by atoms with Gasteiger partial charge in [-0.05, 0) is 110 Å². The SMILES string of the molecule is CC[C@H](C=C1OC(=O)C2=C(c3cccc(O)c3)[C@@H]3CC[C@]12[C@H]1C2=C(CC[C@H]31)C(=CC[C@H](C)CO)OC2=O)CCC(C)C. The fourth-order valence-electron chi connectivity index (χ4n) is 8.46. The molecule has 6 heteroatoms. The Hall–Kier alpha value is -3.12. The molecule has 1 aromatic carbocycles. The molecule has 1 spiro atoms. The summed E-state index contributed by atoms with van der Waals surface area (Å²) < 4.78 is 12.2. The van der Waals surface area contributed by atoms with Gasteiger partial charge in [-0.25, -0.2) is 9.59 Å². The minimum absolute atomic E-state index is 0.0769. The number of carbonyl (C=O) groups excluding carboxylic acids is 2. The van der Waals surface area contributed by atoms with E-state index < -0.39 is 5.41 Å². The number of aromatic hydroxyl groups is 1. The highest BCUT2D eigenvalue weighted by atomic mass is 16.5. The third-order valence-corrected chi connectivity index (χ3v) is 10.5. The molecule has 0 aromatic heterocycles. The fourth-order valence-corrected chi connectivity index (χ4v) is 8.46. The monoisotopic (exact) mass is 572 g/mol. The molecule has 224 valence electrons. The van der Waals surface area contributed by atoms with Gasteiger partial charge in [0.2, 0.25) is 0 Å². The molecule has 0 radical (unpaired) electrons. The Morgan fingerprint density at radius 2 is 1.88 bits per heavy atom. The summed E-state index contributed by atoms with van der Waals surface area (Å²) in [6.45, 7) is 8.70. The molecule has 0 unspecified atom stereocenters. The highest BCUT2D eigenvalue weighted by molar-refractivity contribution is 6.06. The van der Waals surface area contributed by atoms with Gasteiger partial charge in [-0.3, -0.25) is 0 Å². The first kappa shape index (κ1) is 29.0. The topological polar surface area (TPSA) is 93.1 Å². The van der Waals surface area contributed by atoms with Gasteiger partial charge in [0.15, 0.2) is 0 Å². The standard InChI is InChI=1S/C36H44O6/c1-5-22(11-9-20(2)3)17-29-36-16-15-25(30(33(36)35(40)42-29)23-7-6-8-24(38)18-23)26-12-13-27-28(14-10-21(4)19-37)41-34(39)31(27)32(26)36/h6-8,14,17-18,20-22,25-26,32,37-38H,5,9-13,15-16,19H2,1-4H3/t21-,22-,25+,26+,32+,36+/m0/s1. The van der Waals surface area contributed by atoms with Crippen molar-refractivity contribution < 1.29 is 29.3 Å². The Morgan fingerprint density at radius 3 is 2.60 bits per heavy atom. The molecule has 4 aliphatic carbocycles. The predicted octanol–water partition coefficient (Wildman–Crippen LogP) is 7.24. The number of aliphatic hydroxyl groups is 1. The van der Waals surface area contributed by atoms with Gasteiger partial charge in [0.05, 0.1) is 11.0 Å². The summed E-state index contributed by atoms with van der Waals surface area (Å²) in [7, 11) is 0. The van der Waals surface area contributed by atoms with Crippen LogP contribution in [-0.4, -0.2) is 28.8 Å². The lowest BCUT2D eigenvalue weighted by Crippen LogP contribution is -2.52. The van der Waals surface area contributed by atoms with Crippen LogP contribution in [0.15, 0.2) is 64.7 Å². The van der Waals surface area contributed by atoms with Crippen molar-refractivity contribution >= 4 is 17.5 Å². The Kier molecular flexibility index (Phi) is 7.71. The number of fused-ring (bicyclic) bond motifs is 1. The molecule has 1 saturated carbocycles. The maximum absolute atomic E-state index is 14.0. The van der Waals surface area contributed by atoms with E-state index in [0.717, 1.165) is 73.0 Å². The van der Waals surface area contributed by atoms with E-state index in [1.54, 1.807) is 12.1 Å². The second-order valence-corrected chi connectivity index (χ2v) is 13.6. The van der Waals surface area contributed by atoms with Crippen molar-refractivity contribution in [3.8, 4) is 5.75 Å². The number of esters is 2. The average Bonchev–Trinajstić information content (AvgIpc) is 3.46. The molecule has 42 heavy (non-hydrogen) atoms. The van der Waals surface area contributed by atoms with E-state index in [2.05, 4.69) is 26.8 Å². The van der Waals surface area contributed by atoms with Crippen LogP contribution in [0.4, 0.5) is 0 Å². The van der Waals surface area contributed by atoms with E-state index in [1.165, 1.54) is 0 Å². The first-order valence-electron chi connectivity index (χ1n) is 15.9. The average molecular weight is 573 g/mol. The number of aliphatic hydroxyl groups excluding tert-OH is 1. The van der Waals surface area contributed by atoms with Crippen molar-refractivity contribution in [2.24, 2.45) is 40.9 Å². The van der Waals surface area contributed by atoms with Crippen molar-refractivity contribution in [1.29, 1.82) is 0 Å². The van der Waals surface area contributed by atoms with Crippen LogP contribution < -0.4 is 0 Å². The number of carbonyl (C=O) groups is 2. The molecule has 1 aromatic rings. The molecule has 2 heterocycles. The zero-order valence-corrected chi connectivity index (χ0v) is 25.3. The number of rotatable bonds is 9. The van der Waals surface area contributed by atoms with Gasteiger partial charge in [-0.2, -0.15) is 0 Å². The smallest absolute Gasteiger partial charge is 0.340 e. The Balaban J connectivity index is 1.55. The Bertz CT molecular complexity index is 1410. The second kappa shape index (κ2) is 11.2. The van der Waals surface area contributed by atoms with E-state index in [4.69, 9.17) is 9.47 Å². The minimum atomic E-state index is -0.726. The first-order valence-corrected chi connectivity index (χ1v) is 15.9. The minimum Gasteiger partial charge on any atom is -0.508 e. The van der Waals surface area contributed by atoms with E-state index in [9.17, 15) is 19.8 Å². The van der Waals surface area contributed by atoms with E-state index >= 15 is 0 Å². The van der Waals surface area contributed by atoms with Gasteiger partial charge in [0.25, 0.3) is 0 Å². The summed E-state index contributed by atoms with van der Waals surface area (Å²) in [6, 6.07) is 7.24. The van der Waals surface area contributed by atoms with Crippen molar-refractivity contribution in [2.45, 2.75) is 79.1 Å². The highest BCUT2D eigenvalue weighted by Gasteiger charge is 2.68. The van der Waals surface area contributed by atoms with Crippen LogP contribution in [0.5, 0.6) is 5.75 Å². The Morgan fingerprint density at radius 1 is 1.07 bits per heavy atom. The van der Waals surface area contributed by atoms with Gasteiger partial charge >= 0.3 is 11.9 Å². The summed E-state index contributed by atoms with van der Waals surface area (Å²) in [5.74, 6) is 1.91. The number of phenolic OH excluding ortho intramolecular Hbond substituents is 1. The van der Waals surface area contributed by atoms with Gasteiger partial charge in [0, 0.05) is 23.7 Å². The normalized spacial score (nSPS) is 31.4. The lowest BCUT2D eigenvalue weighted by Gasteiger charge is -2.56. The van der Waals surface area contributed by atoms with Gasteiger partial charge in [-0.15, -0.1) is 0 Å². The van der Waals surface area contributed by atoms with Crippen LogP contribution in [0.25, 0.3) is 5.57 Å². The fraction of sp³-hybridized carbons (Fsp3) is 0.556. The molecule has 6 atom stereocenters. The van der Waals surface area contributed by atoms with E-state index in [1.807, 2.05) is 25.1 Å². The zero-order chi connectivity index (χ0) is 29.8. The molecular weight excluding hydrogens is 528 g/mol. The molecule has 0 amide bonds. The van der Waals surface area contributed by atoms with Crippen molar-refractivity contribution in [3.63, 3.8) is 0 Å². The summed E-state index contributed by atoms with van der Waals surface area (Å²) in [4.78, 5) is 27.7. The number of ether oxygens (including phenoxy) is 2. The lowest BCUT2D eigenvalue weighted by atomic mass is 9.44. The van der Waals surface area contributed by atoms with Gasteiger partial charge in [-0.1, -0.05) is 46.2 Å². The maximum Gasteiger partial charge on any atom is 0.340 e. The summed E-state index contributed by atoms with van der Waals surface area (Å²) >= 11 is 0. The number of allylic oxidation sites excluding steroid dienone is 5. The molecule has 2 fully saturated rings. The number of cyclic esters (lactones) is 2. The van der Waals surface area contributed by atoms with Crippen LogP contribution in [0.3, 0.4) is 0 Å². The molecule has 6 nitrogen and oxygen atoms in total. The third-order valence-electron chi connectivity index (χ3n) is 10.5. The highest BCUT2D eigenvalue weighted by Crippen LogP contribution is 2.71. The summed E-state index contributed by atoms with van der Waals surface area (Å²) in [5, 5.41) is 20.0. The van der Waals surface area contributed by atoms with Crippen molar-refractivity contribution in [3.05, 3.63) is 70.2 Å². The predicted molar refractivity (Wildman–Crippen MR) is 160 cm³/mol. The van der Waals surface area contributed by atoms with Crippen molar-refractivity contribution in [2.75, 3.05) is 6.61 Å². The largest absolute Gasteiger partial charge is 0.508 e. The van der Waals surface area contributed by atoms with Gasteiger partial charge in [0.1, 0.15) is 17.3 Å². The van der Waals surface area contributed by atoms with Crippen LogP contribution in [0.1, 0.15) is 84.6 Å². The number of phenols is 1. The maximum atomic E-state index is 14.0. The molecule has 2 aliphatic heterocycles. The van der Waals surface area contributed by atoms with Gasteiger partial charge < -0.3 is 19.7 Å². The number of benzene rings is 1. The molecule has 2 N–H and O–H groups in total. The zero-order valence-electron chi connectivity index (χ0n) is 25.3. The molecular formula is C36H44O6. The number of hydrogen-bond acceptors (Lipinski definition) is 6. The molecule has 2 bridgehead atoms. The summed E-state index contributed by atoms with van der Waals surface area (Å²) in [5.41, 5.74) is 3.52. The van der Waals surface area contributed by atoms with Crippen molar-refractivity contribution in [1.82, 2.24) is 0 Å². The lowest BCUT2D eigenvalue weighted by molar-refractivity contribution is -0.135. The summed E-state index contributed by atoms with van der Waals surface area (Å²) in [6.07, 6.45) is 11.2. The van der Waals surface area contributed by atoms with Crippen LogP contribution in [0, 0.1) is 40.9 Å². The van der Waals surface area contributed by atoms with Crippen LogP contribution in [0.2, 0.25) is 0 Å². The molecule has 1 saturated heterocycles. The van der Waals surface area contributed by atoms with Crippen LogP contribution >= 0.6 is 0 Å². The van der Waals surface area contributed by atoms with E-state index in [0.29, 0.717) is 23.7 Å². The number of hydrogen-bond donors (Lipinski definition) is 2. The third kappa shape index (κ3) is 4.57. The quantitative estimate of drug-likeness (QED) is 0.303. The van der Waals surface area contributed by atoms with Crippen LogP contribution in [-0.2, 0) is 19.1 Å². The molecule has 7 rings (SSSR count). The molecule has 6 aliphatic rings.